The molecule has 1 N–H and O–H groups in total. The van der Waals surface area contributed by atoms with Crippen LogP contribution < -0.4 is 5.32 Å². The van der Waals surface area contributed by atoms with E-state index in [1.807, 2.05) is 12.1 Å². The predicted molar refractivity (Wildman–Crippen MR) is 114 cm³/mol. The van der Waals surface area contributed by atoms with E-state index in [1.165, 1.54) is 24.0 Å². The second-order valence-corrected chi connectivity index (χ2v) is 7.90. The highest BCUT2D eigenvalue weighted by atomic mass is 35.5. The molecule has 0 spiro atoms. The van der Waals surface area contributed by atoms with Gasteiger partial charge in [0.15, 0.2) is 11.5 Å². The summed E-state index contributed by atoms with van der Waals surface area (Å²) >= 11 is 5.92. The minimum atomic E-state index is -0.231. The summed E-state index contributed by atoms with van der Waals surface area (Å²) in [5.41, 5.74) is 3.56. The number of amides is 1. The zero-order valence-corrected chi connectivity index (χ0v) is 17.2. The van der Waals surface area contributed by atoms with E-state index in [2.05, 4.69) is 46.6 Å². The number of likely N-dealkylation sites (tertiary alicyclic amines) is 1. The number of hydrogen-bond donors (Lipinski definition) is 1. The Hall–Kier alpha value is -2.63. The number of aryl methyl sites for hydroxylation is 1. The molecule has 4 rings (SSSR count). The Bertz CT molecular complexity index is 961. The summed E-state index contributed by atoms with van der Waals surface area (Å²) in [6.07, 6.45) is 2.40. The zero-order chi connectivity index (χ0) is 20.2. The molecule has 3 aromatic rings. The van der Waals surface area contributed by atoms with Gasteiger partial charge in [-0.05, 0) is 62.7 Å². The van der Waals surface area contributed by atoms with Gasteiger partial charge in [-0.15, -0.1) is 0 Å². The third-order valence-corrected chi connectivity index (χ3v) is 5.62. The van der Waals surface area contributed by atoms with Crippen LogP contribution in [0.2, 0.25) is 5.02 Å². The van der Waals surface area contributed by atoms with Crippen LogP contribution in [-0.2, 0) is 0 Å². The molecule has 2 heterocycles. The van der Waals surface area contributed by atoms with Crippen molar-refractivity contribution in [1.29, 1.82) is 0 Å². The number of nitrogens with zero attached hydrogens (tertiary/aromatic N) is 2. The average molecular weight is 410 g/mol. The molecule has 1 fully saturated rings. The van der Waals surface area contributed by atoms with Crippen LogP contribution >= 0.6 is 11.6 Å². The first-order valence-electron chi connectivity index (χ1n) is 9.91. The molecule has 1 unspecified atom stereocenters. The fourth-order valence-corrected chi connectivity index (χ4v) is 3.84. The summed E-state index contributed by atoms with van der Waals surface area (Å²) in [7, 11) is 0. The summed E-state index contributed by atoms with van der Waals surface area (Å²) < 4.78 is 5.35. The summed E-state index contributed by atoms with van der Waals surface area (Å²) in [5.74, 6) is 0.312. The number of aromatic nitrogens is 1. The van der Waals surface area contributed by atoms with Crippen molar-refractivity contribution in [3.63, 3.8) is 0 Å². The van der Waals surface area contributed by atoms with E-state index in [4.69, 9.17) is 16.1 Å². The van der Waals surface area contributed by atoms with Crippen molar-refractivity contribution in [2.45, 2.75) is 25.8 Å². The smallest absolute Gasteiger partial charge is 0.273 e. The van der Waals surface area contributed by atoms with E-state index in [0.29, 0.717) is 17.3 Å². The molecule has 1 aromatic heterocycles. The first kappa shape index (κ1) is 19.7. The molecule has 0 aliphatic carbocycles. The average Bonchev–Trinajstić information content (AvgIpc) is 3.42. The molecule has 29 heavy (non-hydrogen) atoms. The fourth-order valence-electron chi connectivity index (χ4n) is 3.71. The highest BCUT2D eigenvalue weighted by Crippen LogP contribution is 2.26. The molecule has 6 heteroatoms. The van der Waals surface area contributed by atoms with E-state index < -0.39 is 0 Å². The molecule has 1 aliphatic heterocycles. The van der Waals surface area contributed by atoms with Crippen molar-refractivity contribution in [2.24, 2.45) is 0 Å². The van der Waals surface area contributed by atoms with Crippen molar-refractivity contribution < 1.29 is 9.32 Å². The van der Waals surface area contributed by atoms with Gasteiger partial charge in [0.1, 0.15) is 0 Å². The third-order valence-electron chi connectivity index (χ3n) is 5.37. The lowest BCUT2D eigenvalue weighted by Gasteiger charge is -2.28. The highest BCUT2D eigenvalue weighted by molar-refractivity contribution is 6.30. The lowest BCUT2D eigenvalue weighted by atomic mass is 10.0. The molecule has 1 aliphatic rings. The zero-order valence-electron chi connectivity index (χ0n) is 16.4. The Morgan fingerprint density at radius 3 is 2.52 bits per heavy atom. The van der Waals surface area contributed by atoms with Crippen LogP contribution in [-0.4, -0.2) is 35.6 Å². The maximum Gasteiger partial charge on any atom is 0.273 e. The van der Waals surface area contributed by atoms with Crippen molar-refractivity contribution in [1.82, 2.24) is 15.4 Å². The van der Waals surface area contributed by atoms with E-state index in [-0.39, 0.29) is 17.6 Å². The highest BCUT2D eigenvalue weighted by Gasteiger charge is 2.24. The molecular formula is C23H24ClN3O2. The van der Waals surface area contributed by atoms with Crippen molar-refractivity contribution >= 4 is 17.5 Å². The van der Waals surface area contributed by atoms with Gasteiger partial charge in [0.25, 0.3) is 5.91 Å². The Kier molecular flexibility index (Phi) is 5.97. The quantitative estimate of drug-likeness (QED) is 0.631. The van der Waals surface area contributed by atoms with Crippen molar-refractivity contribution in [3.8, 4) is 11.3 Å². The van der Waals surface area contributed by atoms with Crippen LogP contribution in [0, 0.1) is 6.92 Å². The predicted octanol–water partition coefficient (Wildman–Crippen LogP) is 4.87. The number of benzene rings is 2. The first-order chi connectivity index (χ1) is 14.1. The molecule has 2 aromatic carbocycles. The number of nitrogens with one attached hydrogen (secondary N) is 1. The van der Waals surface area contributed by atoms with Gasteiger partial charge in [0.2, 0.25) is 0 Å². The molecule has 5 nitrogen and oxygen atoms in total. The van der Waals surface area contributed by atoms with Crippen LogP contribution in [0.25, 0.3) is 11.3 Å². The van der Waals surface area contributed by atoms with Crippen LogP contribution in [0.1, 0.15) is 40.5 Å². The number of halogens is 1. The minimum absolute atomic E-state index is 0.157. The van der Waals surface area contributed by atoms with E-state index >= 15 is 0 Å². The largest absolute Gasteiger partial charge is 0.355 e. The van der Waals surface area contributed by atoms with Gasteiger partial charge in [0.05, 0.1) is 6.04 Å². The van der Waals surface area contributed by atoms with Gasteiger partial charge in [-0.1, -0.05) is 46.6 Å². The maximum absolute atomic E-state index is 12.7. The Balaban J connectivity index is 1.45. The van der Waals surface area contributed by atoms with Gasteiger partial charge in [-0.3, -0.25) is 9.69 Å². The molecule has 1 saturated heterocycles. The molecular weight excluding hydrogens is 386 g/mol. The first-order valence-corrected chi connectivity index (χ1v) is 10.3. The number of rotatable bonds is 6. The van der Waals surface area contributed by atoms with Crippen LogP contribution in [0.3, 0.4) is 0 Å². The van der Waals surface area contributed by atoms with Crippen LogP contribution in [0.4, 0.5) is 0 Å². The standard InChI is InChI=1S/C23H24ClN3O2/c1-16-4-6-17(7-5-16)21(27-12-2-3-13-27)15-25-23(28)20-14-22(29-26-20)18-8-10-19(24)11-9-18/h4-11,14,21H,2-3,12-13,15H2,1H3,(H,25,28). The molecule has 0 bridgehead atoms. The van der Waals surface area contributed by atoms with Crippen LogP contribution in [0.15, 0.2) is 59.1 Å². The van der Waals surface area contributed by atoms with Gasteiger partial charge in [-0.25, -0.2) is 0 Å². The lowest BCUT2D eigenvalue weighted by Crippen LogP contribution is -2.36. The van der Waals surface area contributed by atoms with E-state index in [1.54, 1.807) is 18.2 Å². The Morgan fingerprint density at radius 2 is 1.83 bits per heavy atom. The number of carbonyl (C=O) groups excluding carboxylic acids is 1. The minimum Gasteiger partial charge on any atom is -0.355 e. The lowest BCUT2D eigenvalue weighted by molar-refractivity contribution is 0.0929. The molecule has 0 saturated carbocycles. The number of carbonyl (C=O) groups is 1. The molecule has 1 atom stereocenters. The molecule has 150 valence electrons. The summed E-state index contributed by atoms with van der Waals surface area (Å²) in [6, 6.07) is 17.6. The second-order valence-electron chi connectivity index (χ2n) is 7.46. The SMILES string of the molecule is Cc1ccc(C(CNC(=O)c2cc(-c3ccc(Cl)cc3)on2)N2CCCC2)cc1. The summed E-state index contributed by atoms with van der Waals surface area (Å²) in [6.45, 7) is 4.72. The maximum atomic E-state index is 12.7. The topological polar surface area (TPSA) is 58.4 Å². The monoisotopic (exact) mass is 409 g/mol. The number of hydrogen-bond acceptors (Lipinski definition) is 4. The van der Waals surface area contributed by atoms with E-state index in [0.717, 1.165) is 18.7 Å². The van der Waals surface area contributed by atoms with Crippen LogP contribution in [0.5, 0.6) is 0 Å². The fraction of sp³-hybridized carbons (Fsp3) is 0.304. The van der Waals surface area contributed by atoms with Crippen molar-refractivity contribution in [3.05, 3.63) is 76.4 Å². The van der Waals surface area contributed by atoms with Crippen molar-refractivity contribution in [2.75, 3.05) is 19.6 Å². The van der Waals surface area contributed by atoms with E-state index in [9.17, 15) is 4.79 Å². The summed E-state index contributed by atoms with van der Waals surface area (Å²) in [5, 5.41) is 7.63. The normalized spacial score (nSPS) is 15.4. The van der Waals surface area contributed by atoms with Gasteiger partial charge < -0.3 is 9.84 Å². The summed E-state index contributed by atoms with van der Waals surface area (Å²) in [4.78, 5) is 15.1. The third kappa shape index (κ3) is 4.69. The molecule has 1 amide bonds. The Morgan fingerprint density at radius 1 is 1.14 bits per heavy atom. The Labute approximate surface area is 175 Å². The molecule has 0 radical (unpaired) electrons. The van der Waals surface area contributed by atoms with Gasteiger partial charge in [0, 0.05) is 23.2 Å². The van der Waals surface area contributed by atoms with Gasteiger partial charge >= 0.3 is 0 Å². The van der Waals surface area contributed by atoms with Gasteiger partial charge in [-0.2, -0.15) is 0 Å². The second kappa shape index (κ2) is 8.80.